The fourth-order valence-electron chi connectivity index (χ4n) is 2.25. The van der Waals surface area contributed by atoms with Crippen molar-refractivity contribution in [3.05, 3.63) is 44.3 Å². The number of carbonyl (C=O) groups excluding carboxylic acids is 1. The maximum atomic E-state index is 12.4. The minimum Gasteiger partial charge on any atom is -0.455 e. The molecule has 0 fully saturated rings. The molecule has 2 heterocycles. The van der Waals surface area contributed by atoms with Crippen LogP contribution in [0.4, 0.5) is 0 Å². The average Bonchev–Trinajstić information content (AvgIpc) is 2.91. The quantitative estimate of drug-likeness (QED) is 0.639. The van der Waals surface area contributed by atoms with E-state index in [0.717, 1.165) is 10.5 Å². The smallest absolute Gasteiger partial charge is 0.355 e. The lowest BCUT2D eigenvalue weighted by molar-refractivity contribution is -0.150. The highest BCUT2D eigenvalue weighted by Crippen LogP contribution is 2.40. The monoisotopic (exact) mass is 334 g/mol. The second-order valence-electron chi connectivity index (χ2n) is 6.01. The highest BCUT2D eigenvalue weighted by molar-refractivity contribution is 7.84. The van der Waals surface area contributed by atoms with Crippen LogP contribution < -0.4 is 5.32 Å². The van der Waals surface area contributed by atoms with Crippen LogP contribution in [0, 0.1) is 11.3 Å². The van der Waals surface area contributed by atoms with E-state index in [9.17, 15) is 10.1 Å². The first-order valence-electron chi connectivity index (χ1n) is 6.82. The van der Waals surface area contributed by atoms with Gasteiger partial charge >= 0.3 is 5.97 Å². The lowest BCUT2D eigenvalue weighted by Gasteiger charge is -2.28. The predicted molar refractivity (Wildman–Crippen MR) is 90.4 cm³/mol. The predicted octanol–water partition coefficient (Wildman–Crippen LogP) is 3.72. The van der Waals surface area contributed by atoms with E-state index < -0.39 is 11.6 Å². The van der Waals surface area contributed by atoms with Gasteiger partial charge in [0.1, 0.15) is 11.3 Å². The SMILES string of the molecule is CC1=C(C(=O)OC(C)(C)C)NC(S)=C(C#N)C1c1cccs1. The summed E-state index contributed by atoms with van der Waals surface area (Å²) in [6.07, 6.45) is 0. The maximum absolute atomic E-state index is 12.4. The summed E-state index contributed by atoms with van der Waals surface area (Å²) in [7, 11) is 0. The molecule has 0 bridgehead atoms. The standard InChI is InChI=1S/C16H18N2O2S2/c1-9-12(11-6-5-7-22-11)10(8-17)14(21)18-13(9)15(19)20-16(2,3)4/h5-7,12,18,21H,1-4H3. The number of thiol groups is 1. The van der Waals surface area contributed by atoms with E-state index in [-0.39, 0.29) is 5.92 Å². The maximum Gasteiger partial charge on any atom is 0.355 e. The first-order chi connectivity index (χ1) is 10.2. The Morgan fingerprint density at radius 1 is 1.50 bits per heavy atom. The Balaban J connectivity index is 2.46. The number of allylic oxidation sites excluding steroid dienone is 2. The van der Waals surface area contributed by atoms with Gasteiger partial charge in [-0.15, -0.1) is 24.0 Å². The van der Waals surface area contributed by atoms with E-state index in [2.05, 4.69) is 24.0 Å². The molecule has 1 unspecified atom stereocenters. The molecule has 0 saturated heterocycles. The zero-order valence-corrected chi connectivity index (χ0v) is 14.6. The van der Waals surface area contributed by atoms with Crippen LogP contribution in [0.1, 0.15) is 38.5 Å². The Bertz CT molecular complexity index is 689. The molecule has 1 aliphatic heterocycles. The summed E-state index contributed by atoms with van der Waals surface area (Å²) in [5, 5.41) is 14.7. The van der Waals surface area contributed by atoms with E-state index in [1.807, 2.05) is 45.2 Å². The van der Waals surface area contributed by atoms with Crippen molar-refractivity contribution in [2.75, 3.05) is 0 Å². The Morgan fingerprint density at radius 2 is 2.18 bits per heavy atom. The first-order valence-corrected chi connectivity index (χ1v) is 8.15. The zero-order chi connectivity index (χ0) is 16.5. The Morgan fingerprint density at radius 3 is 2.68 bits per heavy atom. The van der Waals surface area contributed by atoms with Gasteiger partial charge in [0.25, 0.3) is 0 Å². The molecule has 2 rings (SSSR count). The lowest BCUT2D eigenvalue weighted by atomic mass is 9.88. The third-order valence-electron chi connectivity index (χ3n) is 3.17. The average molecular weight is 334 g/mol. The number of esters is 1. The van der Waals surface area contributed by atoms with Crippen LogP contribution in [0.5, 0.6) is 0 Å². The van der Waals surface area contributed by atoms with Gasteiger partial charge in [0.15, 0.2) is 0 Å². The number of nitrogens with one attached hydrogen (secondary N) is 1. The molecule has 0 radical (unpaired) electrons. The van der Waals surface area contributed by atoms with Gasteiger partial charge in [-0.25, -0.2) is 4.79 Å². The third kappa shape index (κ3) is 3.37. The topological polar surface area (TPSA) is 62.1 Å². The van der Waals surface area contributed by atoms with Crippen molar-refractivity contribution in [3.63, 3.8) is 0 Å². The normalized spacial score (nSPS) is 18.8. The van der Waals surface area contributed by atoms with Crippen LogP contribution in [-0.2, 0) is 9.53 Å². The molecule has 6 heteroatoms. The van der Waals surface area contributed by atoms with Crippen LogP contribution in [0.3, 0.4) is 0 Å². The number of rotatable bonds is 2. The van der Waals surface area contributed by atoms with Crippen molar-refractivity contribution in [2.45, 2.75) is 39.2 Å². The van der Waals surface area contributed by atoms with Crippen molar-refractivity contribution in [1.82, 2.24) is 5.32 Å². The Hall–Kier alpha value is -1.71. The van der Waals surface area contributed by atoms with E-state index in [0.29, 0.717) is 16.3 Å². The molecule has 0 aliphatic carbocycles. The minimum absolute atomic E-state index is 0.263. The zero-order valence-electron chi connectivity index (χ0n) is 12.9. The minimum atomic E-state index is -0.583. The van der Waals surface area contributed by atoms with Gasteiger partial charge in [-0.05, 0) is 44.7 Å². The van der Waals surface area contributed by atoms with E-state index in [1.165, 1.54) is 0 Å². The van der Waals surface area contributed by atoms with Gasteiger partial charge in [-0.1, -0.05) is 6.07 Å². The van der Waals surface area contributed by atoms with Crippen molar-refractivity contribution in [3.8, 4) is 6.07 Å². The summed E-state index contributed by atoms with van der Waals surface area (Å²) in [5.41, 5.74) is 1.06. The summed E-state index contributed by atoms with van der Waals surface area (Å²) in [4.78, 5) is 13.4. The Labute approximate surface area is 139 Å². The molecular formula is C16H18N2O2S2. The molecule has 1 aromatic heterocycles. The number of hydrogen-bond donors (Lipinski definition) is 2. The van der Waals surface area contributed by atoms with E-state index in [1.54, 1.807) is 11.3 Å². The fraction of sp³-hybridized carbons (Fsp3) is 0.375. The number of carbonyl (C=O) groups is 1. The second-order valence-corrected chi connectivity index (χ2v) is 7.43. The first kappa shape index (κ1) is 16.7. The summed E-state index contributed by atoms with van der Waals surface area (Å²) >= 11 is 5.89. The number of ether oxygens (including phenoxy) is 1. The van der Waals surface area contributed by atoms with Crippen LogP contribution in [0.15, 0.2) is 39.4 Å². The number of dihydropyridines is 1. The molecule has 1 atom stereocenters. The molecule has 1 N–H and O–H groups in total. The second kappa shape index (κ2) is 6.19. The van der Waals surface area contributed by atoms with Gasteiger partial charge in [0.05, 0.1) is 22.6 Å². The number of nitrogens with zero attached hydrogens (tertiary/aromatic N) is 1. The number of thiophene rings is 1. The van der Waals surface area contributed by atoms with Crippen LogP contribution >= 0.6 is 24.0 Å². The van der Waals surface area contributed by atoms with E-state index >= 15 is 0 Å². The molecule has 116 valence electrons. The van der Waals surface area contributed by atoms with Crippen molar-refractivity contribution in [2.24, 2.45) is 0 Å². The van der Waals surface area contributed by atoms with Gasteiger partial charge < -0.3 is 10.1 Å². The van der Waals surface area contributed by atoms with E-state index in [4.69, 9.17) is 4.74 Å². The van der Waals surface area contributed by atoms with Crippen LogP contribution in [-0.4, -0.2) is 11.6 Å². The van der Waals surface area contributed by atoms with Crippen molar-refractivity contribution >= 4 is 29.9 Å². The summed E-state index contributed by atoms with van der Waals surface area (Å²) in [6.45, 7) is 7.30. The third-order valence-corrected chi connectivity index (χ3v) is 4.46. The summed E-state index contributed by atoms with van der Waals surface area (Å²) in [6, 6.07) is 6.07. The van der Waals surface area contributed by atoms with Crippen LogP contribution in [0.25, 0.3) is 0 Å². The molecule has 1 aromatic rings. The number of nitriles is 1. The molecule has 1 aliphatic rings. The van der Waals surface area contributed by atoms with Crippen molar-refractivity contribution in [1.29, 1.82) is 5.26 Å². The molecule has 22 heavy (non-hydrogen) atoms. The van der Waals surface area contributed by atoms with Gasteiger partial charge in [0.2, 0.25) is 0 Å². The van der Waals surface area contributed by atoms with Crippen molar-refractivity contribution < 1.29 is 9.53 Å². The van der Waals surface area contributed by atoms with Gasteiger partial charge in [0, 0.05) is 4.88 Å². The summed E-state index contributed by atoms with van der Waals surface area (Å²) in [5.74, 6) is -0.698. The molecule has 0 saturated carbocycles. The molecular weight excluding hydrogens is 316 g/mol. The largest absolute Gasteiger partial charge is 0.455 e. The fourth-order valence-corrected chi connectivity index (χ4v) is 3.44. The highest BCUT2D eigenvalue weighted by Gasteiger charge is 2.33. The van der Waals surface area contributed by atoms with Gasteiger partial charge in [-0.2, -0.15) is 5.26 Å². The molecule has 0 amide bonds. The Kier molecular flexibility index (Phi) is 4.69. The number of hydrogen-bond acceptors (Lipinski definition) is 6. The lowest BCUT2D eigenvalue weighted by Crippen LogP contribution is -2.33. The van der Waals surface area contributed by atoms with Crippen LogP contribution in [0.2, 0.25) is 0 Å². The summed E-state index contributed by atoms with van der Waals surface area (Å²) < 4.78 is 5.44. The molecule has 4 nitrogen and oxygen atoms in total. The highest BCUT2D eigenvalue weighted by atomic mass is 32.1. The molecule has 0 spiro atoms. The van der Waals surface area contributed by atoms with Gasteiger partial charge in [-0.3, -0.25) is 0 Å². The molecule has 0 aromatic carbocycles.